The van der Waals surface area contributed by atoms with Crippen molar-refractivity contribution in [3.8, 4) is 0 Å². The highest BCUT2D eigenvalue weighted by Crippen LogP contribution is 2.42. The van der Waals surface area contributed by atoms with Crippen LogP contribution in [0, 0.1) is 5.92 Å². The van der Waals surface area contributed by atoms with Crippen molar-refractivity contribution in [1.82, 2.24) is 4.90 Å². The van der Waals surface area contributed by atoms with Gasteiger partial charge in [0.25, 0.3) is 0 Å². The molecule has 0 N–H and O–H groups in total. The van der Waals surface area contributed by atoms with E-state index in [1.165, 1.54) is 22.4 Å². The van der Waals surface area contributed by atoms with Crippen molar-refractivity contribution in [2.24, 2.45) is 11.0 Å². The van der Waals surface area contributed by atoms with Gasteiger partial charge in [-0.2, -0.15) is 5.10 Å². The predicted octanol–water partition coefficient (Wildman–Crippen LogP) is 5.25. The van der Waals surface area contributed by atoms with Crippen LogP contribution in [0.1, 0.15) is 17.2 Å². The maximum absolute atomic E-state index is 5.21. The zero-order valence-corrected chi connectivity index (χ0v) is 16.6. The summed E-state index contributed by atoms with van der Waals surface area (Å²) in [4.78, 5) is 2.42. The minimum atomic E-state index is 0.204. The van der Waals surface area contributed by atoms with Crippen LogP contribution in [0.3, 0.4) is 0 Å². The normalized spacial score (nSPS) is 23.1. The number of hydrogen-bond acceptors (Lipinski definition) is 3. The first-order valence-electron chi connectivity index (χ1n) is 10.2. The van der Waals surface area contributed by atoms with Crippen molar-refractivity contribution in [3.05, 3.63) is 108 Å². The van der Waals surface area contributed by atoms with Crippen molar-refractivity contribution >= 4 is 17.5 Å². The molecule has 0 spiro atoms. The molecule has 0 unspecified atom stereocenters. The van der Waals surface area contributed by atoms with E-state index in [9.17, 15) is 0 Å². The summed E-state index contributed by atoms with van der Waals surface area (Å²) in [7, 11) is 2.21. The van der Waals surface area contributed by atoms with Gasteiger partial charge in [0.1, 0.15) is 0 Å². The standard InChI is InChI=1S/C26H25N3/c1-28-18-22(17-20-11-5-2-6-12-20)25-24(19-28)26(21-13-7-3-8-14-21)29(27-25)23-15-9-4-10-16-23/h2-17,24,26H,18-19H2,1H3/b22-17-/t24-,26+/m0/s1. The van der Waals surface area contributed by atoms with Gasteiger partial charge in [0.2, 0.25) is 0 Å². The number of likely N-dealkylation sites (tertiary alicyclic amines) is 1. The number of para-hydroxylation sites is 1. The van der Waals surface area contributed by atoms with Crippen LogP contribution in [0.2, 0.25) is 0 Å². The molecule has 5 rings (SSSR count). The van der Waals surface area contributed by atoms with E-state index in [0.29, 0.717) is 5.92 Å². The fourth-order valence-corrected chi connectivity index (χ4v) is 4.53. The Morgan fingerprint density at radius 3 is 2.14 bits per heavy atom. The molecule has 29 heavy (non-hydrogen) atoms. The highest BCUT2D eigenvalue weighted by atomic mass is 15.5. The molecule has 0 amide bonds. The molecule has 2 aliphatic heterocycles. The van der Waals surface area contributed by atoms with Gasteiger partial charge in [-0.3, -0.25) is 5.01 Å². The number of anilines is 1. The van der Waals surface area contributed by atoms with Crippen LogP contribution in [-0.2, 0) is 0 Å². The van der Waals surface area contributed by atoms with Gasteiger partial charge < -0.3 is 4.90 Å². The molecular weight excluding hydrogens is 354 g/mol. The van der Waals surface area contributed by atoms with Gasteiger partial charge in [0.15, 0.2) is 0 Å². The summed E-state index contributed by atoms with van der Waals surface area (Å²) in [6.07, 6.45) is 2.30. The van der Waals surface area contributed by atoms with E-state index in [1.54, 1.807) is 0 Å². The number of fused-ring (bicyclic) bond motifs is 1. The second-order valence-electron chi connectivity index (χ2n) is 7.90. The van der Waals surface area contributed by atoms with Gasteiger partial charge in [-0.25, -0.2) is 0 Å². The van der Waals surface area contributed by atoms with E-state index in [1.807, 2.05) is 0 Å². The average molecular weight is 380 g/mol. The molecule has 1 fully saturated rings. The summed E-state index contributed by atoms with van der Waals surface area (Å²) in [6, 6.07) is 32.1. The molecule has 1 saturated heterocycles. The molecule has 0 aliphatic carbocycles. The van der Waals surface area contributed by atoms with Crippen molar-refractivity contribution in [1.29, 1.82) is 0 Å². The van der Waals surface area contributed by atoms with E-state index in [0.717, 1.165) is 18.8 Å². The van der Waals surface area contributed by atoms with E-state index in [-0.39, 0.29) is 6.04 Å². The monoisotopic (exact) mass is 379 g/mol. The summed E-state index contributed by atoms with van der Waals surface area (Å²) in [5.74, 6) is 0.339. The molecular formula is C26H25N3. The molecule has 3 heteroatoms. The lowest BCUT2D eigenvalue weighted by Gasteiger charge is -2.34. The number of hydrogen-bond donors (Lipinski definition) is 0. The number of nitrogens with zero attached hydrogens (tertiary/aromatic N) is 3. The topological polar surface area (TPSA) is 18.8 Å². The summed E-state index contributed by atoms with van der Waals surface area (Å²) >= 11 is 0. The smallest absolute Gasteiger partial charge is 0.0872 e. The third-order valence-corrected chi connectivity index (χ3v) is 5.79. The molecule has 2 aliphatic rings. The number of benzene rings is 3. The lowest BCUT2D eigenvalue weighted by molar-refractivity contribution is 0.303. The Hall–Kier alpha value is -3.17. The fourth-order valence-electron chi connectivity index (χ4n) is 4.53. The van der Waals surface area contributed by atoms with Gasteiger partial charge in [-0.05, 0) is 42.0 Å². The predicted molar refractivity (Wildman–Crippen MR) is 121 cm³/mol. The molecule has 0 aromatic heterocycles. The van der Waals surface area contributed by atoms with Crippen molar-refractivity contribution in [3.63, 3.8) is 0 Å². The molecule has 0 radical (unpaired) electrons. The van der Waals surface area contributed by atoms with E-state index < -0.39 is 0 Å². The van der Waals surface area contributed by atoms with Crippen LogP contribution in [0.4, 0.5) is 5.69 Å². The first-order chi connectivity index (χ1) is 14.3. The van der Waals surface area contributed by atoms with Crippen LogP contribution in [0.5, 0.6) is 0 Å². The maximum Gasteiger partial charge on any atom is 0.0872 e. The Labute approximate surface area is 172 Å². The molecule has 2 atom stereocenters. The fraction of sp³-hybridized carbons (Fsp3) is 0.192. The van der Waals surface area contributed by atoms with E-state index in [2.05, 4.69) is 114 Å². The van der Waals surface area contributed by atoms with Crippen LogP contribution in [-0.4, -0.2) is 30.7 Å². The third-order valence-electron chi connectivity index (χ3n) is 5.79. The maximum atomic E-state index is 5.21. The van der Waals surface area contributed by atoms with E-state index in [4.69, 9.17) is 5.10 Å². The van der Waals surface area contributed by atoms with Gasteiger partial charge in [-0.15, -0.1) is 0 Å². The molecule has 144 valence electrons. The Bertz CT molecular complexity index is 1030. The highest BCUT2D eigenvalue weighted by Gasteiger charge is 2.43. The van der Waals surface area contributed by atoms with Crippen molar-refractivity contribution in [2.75, 3.05) is 25.1 Å². The Kier molecular flexibility index (Phi) is 4.74. The summed E-state index contributed by atoms with van der Waals surface area (Å²) in [5.41, 5.74) is 6.23. The third kappa shape index (κ3) is 3.50. The number of hydrazone groups is 1. The van der Waals surface area contributed by atoms with Gasteiger partial charge in [0, 0.05) is 19.0 Å². The summed E-state index contributed by atoms with van der Waals surface area (Å²) in [5, 5.41) is 7.43. The minimum absolute atomic E-state index is 0.204. The van der Waals surface area contributed by atoms with Gasteiger partial charge in [-0.1, -0.05) is 78.9 Å². The Balaban J connectivity index is 1.62. The van der Waals surface area contributed by atoms with Crippen molar-refractivity contribution in [2.45, 2.75) is 6.04 Å². The molecule has 0 bridgehead atoms. The molecule has 2 heterocycles. The lowest BCUT2D eigenvalue weighted by Crippen LogP contribution is -2.41. The first kappa shape index (κ1) is 17.9. The Morgan fingerprint density at radius 2 is 1.45 bits per heavy atom. The largest absolute Gasteiger partial charge is 0.301 e. The van der Waals surface area contributed by atoms with Crippen LogP contribution in [0.15, 0.2) is 102 Å². The van der Waals surface area contributed by atoms with E-state index >= 15 is 0 Å². The lowest BCUT2D eigenvalue weighted by atomic mass is 9.83. The second-order valence-corrected chi connectivity index (χ2v) is 7.90. The molecule has 3 aromatic rings. The second kappa shape index (κ2) is 7.69. The quantitative estimate of drug-likeness (QED) is 0.619. The zero-order valence-electron chi connectivity index (χ0n) is 16.6. The number of rotatable bonds is 3. The summed E-state index contributed by atoms with van der Waals surface area (Å²) in [6.45, 7) is 1.93. The number of piperidine rings is 1. The van der Waals surface area contributed by atoms with Crippen LogP contribution >= 0.6 is 0 Å². The average Bonchev–Trinajstić information content (AvgIpc) is 3.15. The van der Waals surface area contributed by atoms with Crippen molar-refractivity contribution < 1.29 is 0 Å². The highest BCUT2D eigenvalue weighted by molar-refractivity contribution is 6.08. The summed E-state index contributed by atoms with van der Waals surface area (Å²) < 4.78 is 0. The van der Waals surface area contributed by atoms with Crippen LogP contribution < -0.4 is 5.01 Å². The molecule has 3 aromatic carbocycles. The molecule has 3 nitrogen and oxygen atoms in total. The molecule has 0 saturated carbocycles. The first-order valence-corrected chi connectivity index (χ1v) is 10.2. The zero-order chi connectivity index (χ0) is 19.6. The van der Waals surface area contributed by atoms with Gasteiger partial charge >= 0.3 is 0 Å². The van der Waals surface area contributed by atoms with Gasteiger partial charge in [0.05, 0.1) is 17.4 Å². The number of likely N-dealkylation sites (N-methyl/N-ethyl adjacent to an activating group) is 1. The SMILES string of the molecule is CN1C/C(=C/c2ccccc2)C2=NN(c3ccccc3)[C@H](c3ccccc3)[C@H]2C1. The Morgan fingerprint density at radius 1 is 0.828 bits per heavy atom. The minimum Gasteiger partial charge on any atom is -0.301 e. The van der Waals surface area contributed by atoms with Crippen LogP contribution in [0.25, 0.3) is 6.08 Å².